The van der Waals surface area contributed by atoms with E-state index in [4.69, 9.17) is 9.47 Å². The Labute approximate surface area is 115 Å². The maximum absolute atomic E-state index is 11.4. The van der Waals surface area contributed by atoms with Gasteiger partial charge in [0.05, 0.1) is 17.6 Å². The molecule has 1 amide bonds. The highest BCUT2D eigenvalue weighted by Gasteiger charge is 2.37. The molecule has 4 nitrogen and oxygen atoms in total. The average molecular weight is 314 g/mol. The number of alkyl carbamates (subject to hydrolysis) is 1. The van der Waals surface area contributed by atoms with Gasteiger partial charge in [-0.2, -0.15) is 0 Å². The molecule has 0 spiro atoms. The van der Waals surface area contributed by atoms with Gasteiger partial charge in [-0.25, -0.2) is 4.79 Å². The summed E-state index contributed by atoms with van der Waals surface area (Å²) in [5.74, 6) is 0.773. The number of hydrogen-bond acceptors (Lipinski definition) is 3. The normalized spacial score (nSPS) is 22.0. The molecule has 1 aliphatic rings. The van der Waals surface area contributed by atoms with Crippen molar-refractivity contribution in [3.8, 4) is 5.75 Å². The summed E-state index contributed by atoms with van der Waals surface area (Å²) in [6, 6.07) is 5.75. The summed E-state index contributed by atoms with van der Waals surface area (Å²) in [5, 5.41) is 2.86. The molecule has 2 rings (SSSR count). The minimum Gasteiger partial charge on any atom is -0.496 e. The van der Waals surface area contributed by atoms with Crippen molar-refractivity contribution >= 4 is 22.0 Å². The maximum Gasteiger partial charge on any atom is 0.407 e. The lowest BCUT2D eigenvalue weighted by Gasteiger charge is -2.38. The van der Waals surface area contributed by atoms with E-state index >= 15 is 0 Å². The van der Waals surface area contributed by atoms with Gasteiger partial charge < -0.3 is 14.8 Å². The van der Waals surface area contributed by atoms with E-state index < -0.39 is 0 Å². The van der Waals surface area contributed by atoms with Gasteiger partial charge in [0.1, 0.15) is 12.4 Å². The average Bonchev–Trinajstić information content (AvgIpc) is 2.32. The van der Waals surface area contributed by atoms with Crippen LogP contribution in [0.3, 0.4) is 0 Å². The fourth-order valence-corrected chi connectivity index (χ4v) is 2.64. The van der Waals surface area contributed by atoms with Crippen molar-refractivity contribution in [3.05, 3.63) is 28.2 Å². The van der Waals surface area contributed by atoms with Crippen LogP contribution in [0.4, 0.5) is 4.79 Å². The van der Waals surface area contributed by atoms with Crippen LogP contribution in [0.2, 0.25) is 0 Å². The molecule has 0 aliphatic carbocycles. The molecule has 1 heterocycles. The smallest absolute Gasteiger partial charge is 0.407 e. The molecular weight excluding hydrogens is 298 g/mol. The second-order valence-electron chi connectivity index (χ2n) is 5.04. The van der Waals surface area contributed by atoms with Gasteiger partial charge in [-0.3, -0.25) is 0 Å². The van der Waals surface area contributed by atoms with Crippen molar-refractivity contribution in [3.63, 3.8) is 0 Å². The monoisotopic (exact) mass is 313 g/mol. The van der Waals surface area contributed by atoms with Crippen LogP contribution >= 0.6 is 15.9 Å². The van der Waals surface area contributed by atoms with E-state index in [2.05, 4.69) is 35.1 Å². The van der Waals surface area contributed by atoms with Gasteiger partial charge in [0, 0.05) is 5.41 Å². The number of methoxy groups -OCH3 is 1. The van der Waals surface area contributed by atoms with E-state index in [1.54, 1.807) is 7.11 Å². The largest absolute Gasteiger partial charge is 0.496 e. The molecule has 0 bridgehead atoms. The van der Waals surface area contributed by atoms with Gasteiger partial charge in [0.15, 0.2) is 0 Å². The Morgan fingerprint density at radius 2 is 2.22 bits per heavy atom. The molecular formula is C13H16BrNO3. The molecule has 1 saturated heterocycles. The summed E-state index contributed by atoms with van der Waals surface area (Å²) in [6.45, 7) is 4.54. The molecule has 18 heavy (non-hydrogen) atoms. The van der Waals surface area contributed by atoms with E-state index in [9.17, 15) is 4.79 Å². The summed E-state index contributed by atoms with van der Waals surface area (Å²) in [5.41, 5.74) is 0.881. The molecule has 1 N–H and O–H groups in total. The maximum atomic E-state index is 11.4. The van der Waals surface area contributed by atoms with Crippen molar-refractivity contribution in [2.45, 2.75) is 19.9 Å². The minimum atomic E-state index is -0.369. The van der Waals surface area contributed by atoms with Crippen molar-refractivity contribution in [1.29, 1.82) is 0 Å². The second-order valence-corrected chi connectivity index (χ2v) is 5.89. The molecule has 0 saturated carbocycles. The Balaban J connectivity index is 2.34. The van der Waals surface area contributed by atoms with Gasteiger partial charge in [-0.1, -0.05) is 19.9 Å². The van der Waals surface area contributed by atoms with E-state index in [0.29, 0.717) is 6.61 Å². The van der Waals surface area contributed by atoms with Crippen LogP contribution in [0.1, 0.15) is 25.5 Å². The molecule has 5 heteroatoms. The summed E-state index contributed by atoms with van der Waals surface area (Å²) in [6.07, 6.45) is -0.369. The predicted octanol–water partition coefficient (Wildman–Crippen LogP) is 3.26. The fraction of sp³-hybridized carbons (Fsp3) is 0.462. The van der Waals surface area contributed by atoms with E-state index in [0.717, 1.165) is 15.8 Å². The van der Waals surface area contributed by atoms with Crippen molar-refractivity contribution in [1.82, 2.24) is 5.32 Å². The summed E-state index contributed by atoms with van der Waals surface area (Å²) >= 11 is 3.46. The van der Waals surface area contributed by atoms with E-state index in [-0.39, 0.29) is 17.6 Å². The van der Waals surface area contributed by atoms with Gasteiger partial charge in [-0.05, 0) is 33.6 Å². The zero-order chi connectivity index (χ0) is 13.3. The standard InChI is InChI=1S/C13H16BrNO3/c1-13(2)7-18-12(16)15-11(13)8-4-5-10(17-3)9(14)6-8/h4-6,11H,7H2,1-3H3,(H,15,16)/t11-/m1/s1. The summed E-state index contributed by atoms with van der Waals surface area (Å²) < 4.78 is 11.1. The highest BCUT2D eigenvalue weighted by molar-refractivity contribution is 9.10. The van der Waals surface area contributed by atoms with Crippen LogP contribution in [0, 0.1) is 5.41 Å². The van der Waals surface area contributed by atoms with Gasteiger partial charge in [-0.15, -0.1) is 0 Å². The molecule has 1 fully saturated rings. The Bertz CT molecular complexity index is 473. The first-order chi connectivity index (χ1) is 8.44. The molecule has 0 aromatic heterocycles. The lowest BCUT2D eigenvalue weighted by Crippen LogP contribution is -2.46. The second kappa shape index (κ2) is 4.80. The zero-order valence-electron chi connectivity index (χ0n) is 10.6. The highest BCUT2D eigenvalue weighted by atomic mass is 79.9. The first kappa shape index (κ1) is 13.2. The number of cyclic esters (lactones) is 1. The van der Waals surface area contributed by atoms with Crippen molar-refractivity contribution in [2.75, 3.05) is 13.7 Å². The third-order valence-corrected chi connectivity index (χ3v) is 3.75. The molecule has 0 radical (unpaired) electrons. The molecule has 1 aromatic carbocycles. The first-order valence-corrected chi connectivity index (χ1v) is 6.50. The van der Waals surface area contributed by atoms with Gasteiger partial charge in [0.2, 0.25) is 0 Å². The minimum absolute atomic E-state index is 0.0686. The number of nitrogens with one attached hydrogen (secondary N) is 1. The summed E-state index contributed by atoms with van der Waals surface area (Å²) in [7, 11) is 1.62. The van der Waals surface area contributed by atoms with Gasteiger partial charge >= 0.3 is 6.09 Å². The SMILES string of the molecule is COc1ccc([C@H]2NC(=O)OCC2(C)C)cc1Br. The Hall–Kier alpha value is -1.23. The molecule has 1 aromatic rings. The third-order valence-electron chi connectivity index (χ3n) is 3.13. The van der Waals surface area contributed by atoms with E-state index in [1.807, 2.05) is 18.2 Å². The third kappa shape index (κ3) is 2.46. The zero-order valence-corrected chi connectivity index (χ0v) is 12.2. The van der Waals surface area contributed by atoms with Crippen LogP contribution in [-0.2, 0) is 4.74 Å². The molecule has 1 aliphatic heterocycles. The number of halogens is 1. The number of carbonyl (C=O) groups is 1. The molecule has 98 valence electrons. The number of benzene rings is 1. The van der Waals surface area contributed by atoms with Crippen LogP contribution in [0.5, 0.6) is 5.75 Å². The number of hydrogen-bond donors (Lipinski definition) is 1. The van der Waals surface area contributed by atoms with Crippen LogP contribution in [-0.4, -0.2) is 19.8 Å². The van der Waals surface area contributed by atoms with Crippen LogP contribution in [0.25, 0.3) is 0 Å². The molecule has 0 unspecified atom stereocenters. The summed E-state index contributed by atoms with van der Waals surface area (Å²) in [4.78, 5) is 11.4. The first-order valence-electron chi connectivity index (χ1n) is 5.71. The Morgan fingerprint density at radius 1 is 1.50 bits per heavy atom. The molecule has 1 atom stereocenters. The van der Waals surface area contributed by atoms with Crippen LogP contribution in [0.15, 0.2) is 22.7 Å². The fourth-order valence-electron chi connectivity index (χ4n) is 2.09. The predicted molar refractivity (Wildman–Crippen MR) is 71.7 cm³/mol. The number of ether oxygens (including phenoxy) is 2. The van der Waals surface area contributed by atoms with Crippen molar-refractivity contribution in [2.24, 2.45) is 5.41 Å². The van der Waals surface area contributed by atoms with Crippen LogP contribution < -0.4 is 10.1 Å². The van der Waals surface area contributed by atoms with Crippen molar-refractivity contribution < 1.29 is 14.3 Å². The lowest BCUT2D eigenvalue weighted by atomic mass is 9.80. The quantitative estimate of drug-likeness (QED) is 0.911. The Morgan fingerprint density at radius 3 is 2.83 bits per heavy atom. The number of rotatable bonds is 2. The van der Waals surface area contributed by atoms with Gasteiger partial charge in [0.25, 0.3) is 0 Å². The Kier molecular flexibility index (Phi) is 3.52. The number of amides is 1. The number of carbonyl (C=O) groups excluding carboxylic acids is 1. The lowest BCUT2D eigenvalue weighted by molar-refractivity contribution is 0.0387. The van der Waals surface area contributed by atoms with E-state index in [1.165, 1.54) is 0 Å². The topological polar surface area (TPSA) is 47.6 Å². The highest BCUT2D eigenvalue weighted by Crippen LogP contribution is 2.38.